The number of aliphatic hydroxyl groups is 1. The van der Waals surface area contributed by atoms with Crippen molar-refractivity contribution in [3.8, 4) is 5.69 Å². The Balaban J connectivity index is 2.66. The molecule has 4 nitrogen and oxygen atoms in total. The molecule has 0 aliphatic heterocycles. The van der Waals surface area contributed by atoms with Gasteiger partial charge in [-0.3, -0.25) is 4.79 Å². The summed E-state index contributed by atoms with van der Waals surface area (Å²) in [5, 5.41) is 13.3. The van der Waals surface area contributed by atoms with E-state index in [0.717, 1.165) is 4.47 Å². The predicted molar refractivity (Wildman–Crippen MR) is 68.2 cm³/mol. The smallest absolute Gasteiger partial charge is 0.271 e. The average Bonchev–Trinajstić information content (AvgIpc) is 2.32. The molecule has 88 valence electrons. The summed E-state index contributed by atoms with van der Waals surface area (Å²) in [6, 6.07) is 8.76. The molecular formula is C12H11BrN2O2. The number of hydrogen-bond donors (Lipinski definition) is 1. The quantitative estimate of drug-likeness (QED) is 0.919. The summed E-state index contributed by atoms with van der Waals surface area (Å²) >= 11 is 3.38. The zero-order valence-electron chi connectivity index (χ0n) is 9.22. The zero-order chi connectivity index (χ0) is 12.4. The predicted octanol–water partition coefficient (Wildman–Crippen LogP) is 1.80. The van der Waals surface area contributed by atoms with Crippen LogP contribution in [0.4, 0.5) is 0 Å². The summed E-state index contributed by atoms with van der Waals surface area (Å²) in [5.74, 6) is 0. The van der Waals surface area contributed by atoms with Crippen molar-refractivity contribution < 1.29 is 5.11 Å². The number of aromatic nitrogens is 2. The van der Waals surface area contributed by atoms with Gasteiger partial charge in [-0.1, -0.05) is 12.1 Å². The van der Waals surface area contributed by atoms with E-state index in [1.807, 2.05) is 18.2 Å². The van der Waals surface area contributed by atoms with Crippen molar-refractivity contribution >= 4 is 15.9 Å². The molecule has 0 saturated heterocycles. The molecule has 0 bridgehead atoms. The van der Waals surface area contributed by atoms with Crippen molar-refractivity contribution in [2.45, 2.75) is 13.5 Å². The van der Waals surface area contributed by atoms with Crippen LogP contribution in [0.1, 0.15) is 11.3 Å². The molecule has 2 aromatic rings. The summed E-state index contributed by atoms with van der Waals surface area (Å²) in [6.45, 7) is 1.59. The van der Waals surface area contributed by atoms with Gasteiger partial charge in [0.05, 0.1) is 18.0 Å². The number of benzene rings is 1. The van der Waals surface area contributed by atoms with E-state index in [-0.39, 0.29) is 12.2 Å². The second-order valence-corrected chi connectivity index (χ2v) is 4.47. The molecule has 17 heavy (non-hydrogen) atoms. The van der Waals surface area contributed by atoms with Crippen LogP contribution >= 0.6 is 15.9 Å². The molecule has 5 heteroatoms. The van der Waals surface area contributed by atoms with Crippen LogP contribution in [0, 0.1) is 6.92 Å². The third-order valence-electron chi connectivity index (χ3n) is 2.47. The molecule has 0 spiro atoms. The third kappa shape index (κ3) is 2.30. The Morgan fingerprint density at radius 3 is 2.76 bits per heavy atom. The van der Waals surface area contributed by atoms with E-state index in [0.29, 0.717) is 16.9 Å². The first kappa shape index (κ1) is 12.0. The van der Waals surface area contributed by atoms with Crippen molar-refractivity contribution in [1.29, 1.82) is 0 Å². The number of aliphatic hydroxyl groups excluding tert-OH is 1. The van der Waals surface area contributed by atoms with E-state index in [1.54, 1.807) is 13.0 Å². The average molecular weight is 295 g/mol. The third-order valence-corrected chi connectivity index (χ3v) is 3.14. The SMILES string of the molecule is Cc1nn(-c2ccccc2Br)c(=O)cc1CO. The fourth-order valence-corrected chi connectivity index (χ4v) is 1.99. The lowest BCUT2D eigenvalue weighted by molar-refractivity contribution is 0.279. The minimum atomic E-state index is -0.258. The van der Waals surface area contributed by atoms with Crippen LogP contribution in [0.5, 0.6) is 0 Å². The van der Waals surface area contributed by atoms with E-state index in [9.17, 15) is 4.79 Å². The van der Waals surface area contributed by atoms with Crippen molar-refractivity contribution in [2.24, 2.45) is 0 Å². The standard InChI is InChI=1S/C12H11BrN2O2/c1-8-9(7-16)6-12(17)15(14-8)11-5-3-2-4-10(11)13/h2-6,16H,7H2,1H3. The van der Waals surface area contributed by atoms with Crippen LogP contribution in [-0.4, -0.2) is 14.9 Å². The van der Waals surface area contributed by atoms with E-state index in [4.69, 9.17) is 5.11 Å². The van der Waals surface area contributed by atoms with Gasteiger partial charge in [0.15, 0.2) is 0 Å². The Labute approximate surface area is 107 Å². The normalized spacial score (nSPS) is 10.5. The van der Waals surface area contributed by atoms with Gasteiger partial charge in [-0.05, 0) is 35.0 Å². The van der Waals surface area contributed by atoms with Crippen LogP contribution in [-0.2, 0) is 6.61 Å². The van der Waals surface area contributed by atoms with Gasteiger partial charge in [0, 0.05) is 16.1 Å². The van der Waals surface area contributed by atoms with Crippen LogP contribution < -0.4 is 5.56 Å². The van der Waals surface area contributed by atoms with Gasteiger partial charge < -0.3 is 5.11 Å². The molecule has 1 heterocycles. The first-order chi connectivity index (χ1) is 8.13. The Hall–Kier alpha value is -1.46. The highest BCUT2D eigenvalue weighted by Gasteiger charge is 2.08. The molecular weight excluding hydrogens is 284 g/mol. The molecule has 2 rings (SSSR count). The molecule has 0 saturated carbocycles. The van der Waals surface area contributed by atoms with Crippen LogP contribution in [0.25, 0.3) is 5.69 Å². The Bertz CT molecular complexity index is 608. The Kier molecular flexibility index (Phi) is 3.40. The topological polar surface area (TPSA) is 55.1 Å². The van der Waals surface area contributed by atoms with Gasteiger partial charge in [0.25, 0.3) is 5.56 Å². The highest BCUT2D eigenvalue weighted by Crippen LogP contribution is 2.18. The van der Waals surface area contributed by atoms with Crippen LogP contribution in [0.2, 0.25) is 0 Å². The zero-order valence-corrected chi connectivity index (χ0v) is 10.8. The van der Waals surface area contributed by atoms with E-state index in [1.165, 1.54) is 10.7 Å². The minimum Gasteiger partial charge on any atom is -0.392 e. The lowest BCUT2D eigenvalue weighted by Gasteiger charge is -2.09. The lowest BCUT2D eigenvalue weighted by atomic mass is 10.2. The van der Waals surface area contributed by atoms with Crippen molar-refractivity contribution in [1.82, 2.24) is 9.78 Å². The number of nitrogens with zero attached hydrogens (tertiary/aromatic N) is 2. The highest BCUT2D eigenvalue weighted by molar-refractivity contribution is 9.10. The molecule has 1 aromatic heterocycles. The molecule has 0 unspecified atom stereocenters. The van der Waals surface area contributed by atoms with Gasteiger partial charge in [0.2, 0.25) is 0 Å². The summed E-state index contributed by atoms with van der Waals surface area (Å²) in [5.41, 5.74) is 1.62. The minimum absolute atomic E-state index is 0.176. The van der Waals surface area contributed by atoms with Gasteiger partial charge in [-0.25, -0.2) is 0 Å². The number of halogens is 1. The van der Waals surface area contributed by atoms with Crippen molar-refractivity contribution in [3.05, 3.63) is 56.4 Å². The first-order valence-electron chi connectivity index (χ1n) is 5.09. The molecule has 1 aromatic carbocycles. The maximum Gasteiger partial charge on any atom is 0.271 e. The summed E-state index contributed by atoms with van der Waals surface area (Å²) in [4.78, 5) is 11.9. The van der Waals surface area contributed by atoms with Gasteiger partial charge >= 0.3 is 0 Å². The summed E-state index contributed by atoms with van der Waals surface area (Å²) < 4.78 is 2.12. The van der Waals surface area contributed by atoms with E-state index >= 15 is 0 Å². The summed E-state index contributed by atoms with van der Waals surface area (Å²) in [7, 11) is 0. The second kappa shape index (κ2) is 4.81. The number of aryl methyl sites for hydroxylation is 1. The molecule has 1 N–H and O–H groups in total. The van der Waals surface area contributed by atoms with Gasteiger partial charge in [-0.2, -0.15) is 9.78 Å². The monoisotopic (exact) mass is 294 g/mol. The fraction of sp³-hybridized carbons (Fsp3) is 0.167. The van der Waals surface area contributed by atoms with Gasteiger partial charge in [-0.15, -0.1) is 0 Å². The molecule has 0 amide bonds. The highest BCUT2D eigenvalue weighted by atomic mass is 79.9. The largest absolute Gasteiger partial charge is 0.392 e. The molecule has 0 aliphatic rings. The van der Waals surface area contributed by atoms with Crippen molar-refractivity contribution in [2.75, 3.05) is 0 Å². The number of para-hydroxylation sites is 1. The first-order valence-corrected chi connectivity index (χ1v) is 5.88. The molecule has 0 radical (unpaired) electrons. The molecule has 0 aliphatic carbocycles. The van der Waals surface area contributed by atoms with E-state index < -0.39 is 0 Å². The van der Waals surface area contributed by atoms with Crippen LogP contribution in [0.3, 0.4) is 0 Å². The molecule has 0 fully saturated rings. The van der Waals surface area contributed by atoms with Crippen molar-refractivity contribution in [3.63, 3.8) is 0 Å². The lowest BCUT2D eigenvalue weighted by Crippen LogP contribution is -2.23. The summed E-state index contributed by atoms with van der Waals surface area (Å²) in [6.07, 6.45) is 0. The Morgan fingerprint density at radius 2 is 2.12 bits per heavy atom. The number of rotatable bonds is 2. The maximum atomic E-state index is 11.9. The van der Waals surface area contributed by atoms with Crippen LogP contribution in [0.15, 0.2) is 39.6 Å². The van der Waals surface area contributed by atoms with Gasteiger partial charge in [0.1, 0.15) is 0 Å². The number of hydrogen-bond acceptors (Lipinski definition) is 3. The Morgan fingerprint density at radius 1 is 1.41 bits per heavy atom. The molecule has 0 atom stereocenters. The van der Waals surface area contributed by atoms with E-state index in [2.05, 4.69) is 21.0 Å². The fourth-order valence-electron chi connectivity index (χ4n) is 1.53. The second-order valence-electron chi connectivity index (χ2n) is 3.61. The maximum absolute atomic E-state index is 11.9.